The van der Waals surface area contributed by atoms with E-state index in [1.54, 1.807) is 18.2 Å². The Morgan fingerprint density at radius 1 is 0.921 bits per heavy atom. The summed E-state index contributed by atoms with van der Waals surface area (Å²) in [7, 11) is 1.36. The zero-order valence-corrected chi connectivity index (χ0v) is 22.6. The van der Waals surface area contributed by atoms with Crippen LogP contribution in [0.25, 0.3) is 0 Å². The summed E-state index contributed by atoms with van der Waals surface area (Å²) in [4.78, 5) is 26.1. The Balaban J connectivity index is 1.52. The Hall–Kier alpha value is -3.51. The van der Waals surface area contributed by atoms with Crippen LogP contribution in [0.3, 0.4) is 0 Å². The number of hydrogen-bond donors (Lipinski definition) is 1. The average Bonchev–Trinajstić information content (AvgIpc) is 2.93. The molecule has 1 fully saturated rings. The van der Waals surface area contributed by atoms with Crippen molar-refractivity contribution in [3.05, 3.63) is 94.5 Å². The fourth-order valence-electron chi connectivity index (χ4n) is 4.71. The second-order valence-corrected chi connectivity index (χ2v) is 10.3. The molecule has 1 saturated carbocycles. The molecule has 1 aliphatic carbocycles. The molecule has 1 N–H and O–H groups in total. The van der Waals surface area contributed by atoms with Crippen molar-refractivity contribution in [3.8, 4) is 11.5 Å². The Morgan fingerprint density at radius 2 is 1.66 bits per heavy atom. The molecule has 0 saturated heterocycles. The van der Waals surface area contributed by atoms with E-state index >= 15 is 0 Å². The Morgan fingerprint density at radius 3 is 2.37 bits per heavy atom. The summed E-state index contributed by atoms with van der Waals surface area (Å²) in [6, 6.07) is 22.6. The maximum absolute atomic E-state index is 13.4. The van der Waals surface area contributed by atoms with Crippen molar-refractivity contribution in [2.45, 2.75) is 51.2 Å². The van der Waals surface area contributed by atoms with Crippen LogP contribution in [0.2, 0.25) is 5.02 Å². The number of hydrogen-bond acceptors (Lipinski definition) is 5. The molecule has 0 heterocycles. The smallest absolute Gasteiger partial charge is 0.331 e. The van der Waals surface area contributed by atoms with Gasteiger partial charge in [0.05, 0.1) is 13.7 Å². The molecule has 6 nitrogen and oxygen atoms in total. The van der Waals surface area contributed by atoms with E-state index in [1.165, 1.54) is 7.11 Å². The van der Waals surface area contributed by atoms with Crippen molar-refractivity contribution in [2.24, 2.45) is 5.92 Å². The number of rotatable bonds is 10. The van der Waals surface area contributed by atoms with Crippen LogP contribution in [0, 0.1) is 5.92 Å². The van der Waals surface area contributed by atoms with Gasteiger partial charge >= 0.3 is 5.97 Å². The van der Waals surface area contributed by atoms with Crippen molar-refractivity contribution in [1.82, 2.24) is 5.32 Å². The number of ether oxygens (including phenoxy) is 3. The molecule has 7 heteroatoms. The first kappa shape index (κ1) is 27.5. The fraction of sp³-hybridized carbons (Fsp3) is 0.355. The molecule has 1 aliphatic rings. The van der Waals surface area contributed by atoms with E-state index < -0.39 is 11.5 Å². The maximum Gasteiger partial charge on any atom is 0.331 e. The minimum absolute atomic E-state index is 0.348. The molecule has 200 valence electrons. The van der Waals surface area contributed by atoms with Crippen molar-refractivity contribution in [2.75, 3.05) is 13.7 Å². The van der Waals surface area contributed by atoms with Gasteiger partial charge in [-0.2, -0.15) is 0 Å². The van der Waals surface area contributed by atoms with Gasteiger partial charge < -0.3 is 19.5 Å². The lowest BCUT2D eigenvalue weighted by molar-refractivity contribution is -0.150. The summed E-state index contributed by atoms with van der Waals surface area (Å²) in [6.07, 6.45) is 3.43. The van der Waals surface area contributed by atoms with Crippen LogP contribution in [0.1, 0.15) is 54.1 Å². The van der Waals surface area contributed by atoms with Gasteiger partial charge in [0.1, 0.15) is 12.1 Å². The first-order valence-electron chi connectivity index (χ1n) is 13.0. The van der Waals surface area contributed by atoms with E-state index in [4.69, 9.17) is 25.8 Å². The summed E-state index contributed by atoms with van der Waals surface area (Å²) < 4.78 is 17.3. The van der Waals surface area contributed by atoms with Crippen molar-refractivity contribution < 1.29 is 23.8 Å². The lowest BCUT2D eigenvalue weighted by atomic mass is 9.77. The molecular weight excluding hydrogens is 502 g/mol. The molecule has 4 rings (SSSR count). The van der Waals surface area contributed by atoms with Crippen LogP contribution in [-0.4, -0.2) is 31.1 Å². The minimum atomic E-state index is -1.02. The van der Waals surface area contributed by atoms with E-state index in [1.807, 2.05) is 54.6 Å². The molecule has 1 amide bonds. The minimum Gasteiger partial charge on any atom is -0.489 e. The molecule has 0 spiro atoms. The van der Waals surface area contributed by atoms with E-state index in [-0.39, 0.29) is 5.91 Å². The topological polar surface area (TPSA) is 73.9 Å². The van der Waals surface area contributed by atoms with Crippen LogP contribution in [0.15, 0.2) is 72.8 Å². The van der Waals surface area contributed by atoms with Gasteiger partial charge in [-0.3, -0.25) is 4.79 Å². The first-order chi connectivity index (χ1) is 18.4. The van der Waals surface area contributed by atoms with Crippen molar-refractivity contribution in [1.29, 1.82) is 0 Å². The number of amides is 1. The van der Waals surface area contributed by atoms with Gasteiger partial charge in [-0.15, -0.1) is 0 Å². The second-order valence-electron chi connectivity index (χ2n) is 9.87. The molecule has 3 aromatic carbocycles. The zero-order chi connectivity index (χ0) is 27.0. The average molecular weight is 536 g/mol. The Kier molecular flexibility index (Phi) is 9.29. The number of carbonyl (C=O) groups is 2. The molecule has 0 unspecified atom stereocenters. The summed E-state index contributed by atoms with van der Waals surface area (Å²) in [5.41, 5.74) is 1.43. The number of carbonyl (C=O) groups excluding carboxylic acids is 2. The van der Waals surface area contributed by atoms with Gasteiger partial charge in [0.2, 0.25) is 0 Å². The second kappa shape index (κ2) is 12.8. The number of esters is 1. The SMILES string of the molecule is COC(=O)[C@]1(NC(=O)c2ccc(OCc3ccccc3)c(OCCc3cccc(Cl)c3)c2)CC[C@H](C)CC1. The fourth-order valence-corrected chi connectivity index (χ4v) is 4.92. The van der Waals surface area contributed by atoms with Gasteiger partial charge in [-0.05, 0) is 73.1 Å². The van der Waals surface area contributed by atoms with Gasteiger partial charge in [0.15, 0.2) is 11.5 Å². The Bertz CT molecular complexity index is 1240. The van der Waals surface area contributed by atoms with Gasteiger partial charge in [0.25, 0.3) is 5.91 Å². The van der Waals surface area contributed by atoms with Gasteiger partial charge in [-0.25, -0.2) is 4.79 Å². The zero-order valence-electron chi connectivity index (χ0n) is 21.9. The quantitative estimate of drug-likeness (QED) is 0.304. The van der Waals surface area contributed by atoms with E-state index in [2.05, 4.69) is 12.2 Å². The standard InChI is InChI=1S/C31H34ClNO5/c1-22-13-16-31(17-14-22,30(35)36-2)33-29(34)25-11-12-27(38-21-24-7-4-3-5-8-24)28(20-25)37-18-15-23-9-6-10-26(32)19-23/h3-12,19-20,22H,13-18,21H2,1-2H3,(H,33,34)/t22-,31-. The molecular formula is C31H34ClNO5. The largest absolute Gasteiger partial charge is 0.489 e. The third-order valence-electron chi connectivity index (χ3n) is 7.04. The highest BCUT2D eigenvalue weighted by molar-refractivity contribution is 6.30. The Labute approximate surface area is 229 Å². The van der Waals surface area contributed by atoms with E-state index in [0.29, 0.717) is 60.5 Å². The lowest BCUT2D eigenvalue weighted by Gasteiger charge is -2.37. The van der Waals surface area contributed by atoms with Crippen LogP contribution in [-0.2, 0) is 22.6 Å². The molecule has 0 radical (unpaired) electrons. The predicted molar refractivity (Wildman–Crippen MR) is 148 cm³/mol. The van der Waals surface area contributed by atoms with E-state index in [0.717, 1.165) is 24.0 Å². The molecule has 3 aromatic rings. The third kappa shape index (κ3) is 7.07. The lowest BCUT2D eigenvalue weighted by Crippen LogP contribution is -2.56. The number of benzene rings is 3. The number of halogens is 1. The van der Waals surface area contributed by atoms with E-state index in [9.17, 15) is 9.59 Å². The van der Waals surface area contributed by atoms with Gasteiger partial charge in [0, 0.05) is 17.0 Å². The molecule has 0 aromatic heterocycles. The highest BCUT2D eigenvalue weighted by atomic mass is 35.5. The molecule has 0 bridgehead atoms. The van der Waals surface area contributed by atoms with Crippen LogP contribution in [0.5, 0.6) is 11.5 Å². The highest BCUT2D eigenvalue weighted by Crippen LogP contribution is 2.34. The summed E-state index contributed by atoms with van der Waals surface area (Å²) in [6.45, 7) is 2.89. The van der Waals surface area contributed by atoms with Crippen molar-refractivity contribution in [3.63, 3.8) is 0 Å². The van der Waals surface area contributed by atoms with Crippen LogP contribution < -0.4 is 14.8 Å². The van der Waals surface area contributed by atoms with Crippen LogP contribution in [0.4, 0.5) is 0 Å². The molecule has 0 atom stereocenters. The maximum atomic E-state index is 13.4. The monoisotopic (exact) mass is 535 g/mol. The molecule has 38 heavy (non-hydrogen) atoms. The van der Waals surface area contributed by atoms with Crippen molar-refractivity contribution >= 4 is 23.5 Å². The van der Waals surface area contributed by atoms with Gasteiger partial charge in [-0.1, -0.05) is 61.0 Å². The summed E-state index contributed by atoms with van der Waals surface area (Å²) in [5.74, 6) is 0.744. The number of nitrogens with one attached hydrogen (secondary N) is 1. The summed E-state index contributed by atoms with van der Waals surface area (Å²) in [5, 5.41) is 3.66. The highest BCUT2D eigenvalue weighted by Gasteiger charge is 2.43. The van der Waals surface area contributed by atoms with Crippen LogP contribution >= 0.6 is 11.6 Å². The normalized spacial score (nSPS) is 18.9. The molecule has 0 aliphatic heterocycles. The first-order valence-corrected chi connectivity index (χ1v) is 13.4. The number of methoxy groups -OCH3 is 1. The summed E-state index contributed by atoms with van der Waals surface area (Å²) >= 11 is 6.11. The predicted octanol–water partition coefficient (Wildman–Crippen LogP) is 6.39. The third-order valence-corrected chi connectivity index (χ3v) is 7.27.